The zero-order valence-corrected chi connectivity index (χ0v) is 15.3. The minimum absolute atomic E-state index is 0. The largest absolute Gasteiger partial charge is 0.416 e. The lowest BCUT2D eigenvalue weighted by molar-refractivity contribution is -0.137. The molecule has 3 rings (SSSR count). The van der Waals surface area contributed by atoms with E-state index < -0.39 is 11.7 Å². The van der Waals surface area contributed by atoms with Crippen LogP contribution in [0.4, 0.5) is 18.9 Å². The maximum atomic E-state index is 13.0. The third-order valence-corrected chi connectivity index (χ3v) is 4.25. The predicted molar refractivity (Wildman–Crippen MR) is 96.1 cm³/mol. The number of alkyl halides is 3. The highest BCUT2D eigenvalue weighted by molar-refractivity contribution is 5.94. The highest BCUT2D eigenvalue weighted by Crippen LogP contribution is 2.33. The van der Waals surface area contributed by atoms with Crippen molar-refractivity contribution in [2.24, 2.45) is 0 Å². The van der Waals surface area contributed by atoms with Crippen LogP contribution in [-0.2, 0) is 11.0 Å². The molecule has 1 fully saturated rings. The Morgan fingerprint density at radius 2 is 2.19 bits per heavy atom. The summed E-state index contributed by atoms with van der Waals surface area (Å²) < 4.78 is 40.4. The Morgan fingerprint density at radius 3 is 2.81 bits per heavy atom. The van der Waals surface area contributed by atoms with E-state index in [4.69, 9.17) is 0 Å². The van der Waals surface area contributed by atoms with Gasteiger partial charge in [0, 0.05) is 25.7 Å². The summed E-state index contributed by atoms with van der Waals surface area (Å²) in [4.78, 5) is 18.2. The molecule has 1 amide bonds. The fourth-order valence-corrected chi connectivity index (χ4v) is 2.84. The van der Waals surface area contributed by atoms with Crippen LogP contribution in [0.15, 0.2) is 30.9 Å². The van der Waals surface area contributed by atoms with Gasteiger partial charge in [0.25, 0.3) is 0 Å². The zero-order valence-electron chi connectivity index (χ0n) is 14.5. The van der Waals surface area contributed by atoms with Crippen molar-refractivity contribution in [3.05, 3.63) is 36.4 Å². The molecule has 11 heteroatoms. The average Bonchev–Trinajstić information content (AvgIpc) is 3.10. The molecule has 27 heavy (non-hydrogen) atoms. The number of amides is 1. The Hall–Kier alpha value is -2.17. The number of rotatable bonds is 4. The van der Waals surface area contributed by atoms with Crippen LogP contribution in [0.3, 0.4) is 0 Å². The van der Waals surface area contributed by atoms with Crippen molar-refractivity contribution in [2.45, 2.75) is 19.1 Å². The molecule has 0 spiro atoms. The van der Waals surface area contributed by atoms with Crippen LogP contribution in [0.2, 0.25) is 0 Å². The number of hydrogen-bond acceptors (Lipinski definition) is 5. The molecule has 148 valence electrons. The number of nitrogens with zero attached hydrogens (tertiary/aromatic N) is 4. The van der Waals surface area contributed by atoms with Gasteiger partial charge in [-0.15, -0.1) is 12.4 Å². The molecule has 2 N–H and O–H groups in total. The van der Waals surface area contributed by atoms with Gasteiger partial charge in [-0.25, -0.2) is 9.67 Å². The topological polar surface area (TPSA) is 75.1 Å². The molecule has 0 unspecified atom stereocenters. The third kappa shape index (κ3) is 5.18. The van der Waals surface area contributed by atoms with Crippen LogP contribution in [0.25, 0.3) is 5.69 Å². The second-order valence-corrected chi connectivity index (χ2v) is 6.14. The summed E-state index contributed by atoms with van der Waals surface area (Å²) in [5.74, 6) is -0.376. The Labute approximate surface area is 160 Å². The second kappa shape index (κ2) is 8.68. The first-order valence-electron chi connectivity index (χ1n) is 8.15. The summed E-state index contributed by atoms with van der Waals surface area (Å²) in [6.07, 6.45) is -1.88. The number of carbonyl (C=O) groups excluding carboxylic acids is 1. The molecule has 1 aromatic heterocycles. The Balaban J connectivity index is 0.00000261. The fourth-order valence-electron chi connectivity index (χ4n) is 2.84. The van der Waals surface area contributed by atoms with Crippen molar-refractivity contribution in [3.8, 4) is 5.69 Å². The molecule has 2 aromatic rings. The molecule has 0 aliphatic carbocycles. The monoisotopic (exact) mass is 404 g/mol. The van der Waals surface area contributed by atoms with Crippen molar-refractivity contribution >= 4 is 24.0 Å². The lowest BCUT2D eigenvalue weighted by Crippen LogP contribution is -2.52. The first kappa shape index (κ1) is 21.1. The van der Waals surface area contributed by atoms with Crippen molar-refractivity contribution in [1.82, 2.24) is 25.0 Å². The quantitative estimate of drug-likeness (QED) is 0.814. The van der Waals surface area contributed by atoms with Crippen molar-refractivity contribution in [1.29, 1.82) is 0 Å². The number of aromatic nitrogens is 3. The number of halogens is 4. The zero-order chi connectivity index (χ0) is 18.7. The Morgan fingerprint density at radius 1 is 1.41 bits per heavy atom. The lowest BCUT2D eigenvalue weighted by Gasteiger charge is -2.33. The number of carbonyl (C=O) groups is 1. The molecular weight excluding hydrogens is 385 g/mol. The van der Waals surface area contributed by atoms with Gasteiger partial charge in [0.2, 0.25) is 5.91 Å². The summed E-state index contributed by atoms with van der Waals surface area (Å²) in [6, 6.07) is 3.30. The average molecular weight is 405 g/mol. The van der Waals surface area contributed by atoms with Crippen LogP contribution in [0.1, 0.15) is 12.5 Å². The summed E-state index contributed by atoms with van der Waals surface area (Å²) >= 11 is 0. The van der Waals surface area contributed by atoms with E-state index in [0.29, 0.717) is 12.2 Å². The van der Waals surface area contributed by atoms with Crippen LogP contribution < -0.4 is 10.6 Å². The maximum absolute atomic E-state index is 13.0. The van der Waals surface area contributed by atoms with E-state index in [1.54, 1.807) is 0 Å². The molecule has 0 saturated carbocycles. The lowest BCUT2D eigenvalue weighted by atomic mass is 10.1. The molecule has 2 heterocycles. The minimum Gasteiger partial charge on any atom is -0.323 e. The summed E-state index contributed by atoms with van der Waals surface area (Å²) in [6.45, 7) is 4.33. The second-order valence-electron chi connectivity index (χ2n) is 6.14. The predicted octanol–water partition coefficient (Wildman–Crippen LogP) is 1.94. The van der Waals surface area contributed by atoms with E-state index in [1.807, 2.05) is 11.8 Å². The van der Waals surface area contributed by atoms with Crippen molar-refractivity contribution in [3.63, 3.8) is 0 Å². The van der Waals surface area contributed by atoms with Gasteiger partial charge < -0.3 is 10.6 Å². The first-order chi connectivity index (χ1) is 12.3. The molecule has 0 radical (unpaired) electrons. The van der Waals surface area contributed by atoms with Crippen LogP contribution in [0, 0.1) is 0 Å². The van der Waals surface area contributed by atoms with Gasteiger partial charge in [-0.3, -0.25) is 9.69 Å². The normalized spacial score (nSPS) is 18.0. The highest BCUT2D eigenvalue weighted by Gasteiger charge is 2.31. The standard InChI is InChI=1S/C16H19F3N6O.ClH/c1-11-7-20-4-5-24(11)8-15(26)23-13-6-12(16(17,18)19)2-3-14(13)25-10-21-9-22-25;/h2-3,6,9-11,20H,4-5,7-8H2,1H3,(H,23,26);1H/t11-;/m0./s1. The fraction of sp³-hybridized carbons (Fsp3) is 0.438. The third-order valence-electron chi connectivity index (χ3n) is 4.25. The number of benzene rings is 1. The van der Waals surface area contributed by atoms with Crippen LogP contribution in [-0.4, -0.2) is 57.8 Å². The van der Waals surface area contributed by atoms with E-state index in [2.05, 4.69) is 20.7 Å². The van der Waals surface area contributed by atoms with Gasteiger partial charge in [-0.2, -0.15) is 18.3 Å². The van der Waals surface area contributed by atoms with Gasteiger partial charge in [0.15, 0.2) is 0 Å². The van der Waals surface area contributed by atoms with E-state index in [1.165, 1.54) is 23.4 Å². The maximum Gasteiger partial charge on any atom is 0.416 e. The molecule has 1 aliphatic heterocycles. The summed E-state index contributed by atoms with van der Waals surface area (Å²) in [5, 5.41) is 9.74. The van der Waals surface area contributed by atoms with Gasteiger partial charge in [0.1, 0.15) is 12.7 Å². The summed E-state index contributed by atoms with van der Waals surface area (Å²) in [5.41, 5.74) is -0.484. The van der Waals surface area contributed by atoms with E-state index in [9.17, 15) is 18.0 Å². The summed E-state index contributed by atoms with van der Waals surface area (Å²) in [7, 11) is 0. The molecule has 0 bridgehead atoms. The highest BCUT2D eigenvalue weighted by atomic mass is 35.5. The number of hydrogen-bond donors (Lipinski definition) is 2. The molecule has 1 aromatic carbocycles. The molecule has 7 nitrogen and oxygen atoms in total. The van der Waals surface area contributed by atoms with Crippen molar-refractivity contribution < 1.29 is 18.0 Å². The Kier molecular flexibility index (Phi) is 6.79. The Bertz CT molecular complexity index is 768. The number of piperazine rings is 1. The van der Waals surface area contributed by atoms with E-state index in [0.717, 1.165) is 25.2 Å². The van der Waals surface area contributed by atoms with Crippen molar-refractivity contribution in [2.75, 3.05) is 31.5 Å². The smallest absolute Gasteiger partial charge is 0.323 e. The minimum atomic E-state index is -4.51. The van der Waals surface area contributed by atoms with Gasteiger partial charge >= 0.3 is 6.18 Å². The van der Waals surface area contributed by atoms with Gasteiger partial charge in [-0.1, -0.05) is 0 Å². The number of nitrogens with one attached hydrogen (secondary N) is 2. The van der Waals surface area contributed by atoms with Gasteiger partial charge in [-0.05, 0) is 25.1 Å². The van der Waals surface area contributed by atoms with Gasteiger partial charge in [0.05, 0.1) is 23.5 Å². The van der Waals surface area contributed by atoms with E-state index in [-0.39, 0.29) is 36.6 Å². The SMILES string of the molecule is C[C@H]1CNCCN1CC(=O)Nc1cc(C(F)(F)F)ccc1-n1cncn1.Cl. The van der Waals surface area contributed by atoms with Crippen LogP contribution in [0.5, 0.6) is 0 Å². The molecular formula is C16H20ClF3N6O. The molecule has 1 aliphatic rings. The first-order valence-corrected chi connectivity index (χ1v) is 8.15. The molecule has 1 atom stereocenters. The number of anilines is 1. The van der Waals surface area contributed by atoms with E-state index >= 15 is 0 Å². The molecule has 1 saturated heterocycles. The van der Waals surface area contributed by atoms with Crippen LogP contribution >= 0.6 is 12.4 Å².